The lowest BCUT2D eigenvalue weighted by Crippen LogP contribution is -2.39. The summed E-state index contributed by atoms with van der Waals surface area (Å²) in [5.41, 5.74) is -0.615. The quantitative estimate of drug-likeness (QED) is 0.706. The molecule has 0 saturated heterocycles. The Morgan fingerprint density at radius 1 is 1.53 bits per heavy atom. The highest BCUT2D eigenvalue weighted by atomic mass is 16.3. The fourth-order valence-electron chi connectivity index (χ4n) is 2.15. The molecular weight excluding hydrogens is 214 g/mol. The molecule has 1 aromatic rings. The second-order valence-electron chi connectivity index (χ2n) is 5.48. The van der Waals surface area contributed by atoms with Gasteiger partial charge in [0.05, 0.1) is 5.60 Å². The van der Waals surface area contributed by atoms with Crippen LogP contribution in [0.15, 0.2) is 12.4 Å². The highest BCUT2D eigenvalue weighted by molar-refractivity contribution is 4.91. The van der Waals surface area contributed by atoms with E-state index < -0.39 is 5.60 Å². The van der Waals surface area contributed by atoms with Gasteiger partial charge in [-0.25, -0.2) is 4.98 Å². The molecule has 1 rings (SSSR count). The first kappa shape index (κ1) is 14.2. The van der Waals surface area contributed by atoms with Crippen LogP contribution in [-0.2, 0) is 13.5 Å². The average Bonchev–Trinajstić information content (AvgIpc) is 2.57. The molecule has 1 heterocycles. The zero-order valence-corrected chi connectivity index (χ0v) is 11.4. The van der Waals surface area contributed by atoms with Gasteiger partial charge in [0.15, 0.2) is 0 Å². The normalized spacial score (nSPS) is 15.2. The highest BCUT2D eigenvalue weighted by Crippen LogP contribution is 2.14. The van der Waals surface area contributed by atoms with Crippen molar-refractivity contribution in [1.29, 1.82) is 0 Å². The predicted octanol–water partition coefficient (Wildman–Crippen LogP) is 1.35. The van der Waals surface area contributed by atoms with E-state index in [1.807, 2.05) is 30.9 Å². The minimum absolute atomic E-state index is 0.515. The molecule has 0 aromatic carbocycles. The van der Waals surface area contributed by atoms with E-state index in [1.54, 1.807) is 0 Å². The Morgan fingerprint density at radius 2 is 2.24 bits per heavy atom. The Bertz CT molecular complexity index is 331. The number of nitrogens with one attached hydrogen (secondary N) is 1. The molecule has 0 fully saturated rings. The van der Waals surface area contributed by atoms with Gasteiger partial charge in [-0.15, -0.1) is 0 Å². The third-order valence-corrected chi connectivity index (χ3v) is 2.80. The van der Waals surface area contributed by atoms with Crippen LogP contribution in [0.1, 0.15) is 33.0 Å². The van der Waals surface area contributed by atoms with Crippen LogP contribution in [0.5, 0.6) is 0 Å². The van der Waals surface area contributed by atoms with Crippen molar-refractivity contribution < 1.29 is 5.11 Å². The molecule has 0 bridgehead atoms. The lowest BCUT2D eigenvalue weighted by molar-refractivity contribution is 0.0388. The van der Waals surface area contributed by atoms with Crippen LogP contribution in [0.3, 0.4) is 0 Å². The van der Waals surface area contributed by atoms with Crippen LogP contribution < -0.4 is 5.32 Å². The Balaban J connectivity index is 2.22. The molecule has 17 heavy (non-hydrogen) atoms. The van der Waals surface area contributed by atoms with Gasteiger partial charge in [0.1, 0.15) is 5.82 Å². The van der Waals surface area contributed by atoms with Gasteiger partial charge < -0.3 is 15.0 Å². The molecule has 0 saturated carbocycles. The zero-order chi connectivity index (χ0) is 12.9. The summed E-state index contributed by atoms with van der Waals surface area (Å²) in [5, 5.41) is 13.4. The van der Waals surface area contributed by atoms with Gasteiger partial charge in [-0.05, 0) is 19.3 Å². The summed E-state index contributed by atoms with van der Waals surface area (Å²) in [6, 6.07) is 0. The van der Waals surface area contributed by atoms with E-state index in [2.05, 4.69) is 24.1 Å². The second-order valence-corrected chi connectivity index (χ2v) is 5.48. The van der Waals surface area contributed by atoms with Gasteiger partial charge in [0.25, 0.3) is 0 Å². The van der Waals surface area contributed by atoms with Crippen LogP contribution in [0, 0.1) is 5.92 Å². The number of nitrogens with zero attached hydrogens (tertiary/aromatic N) is 2. The number of aliphatic hydroxyl groups is 1. The van der Waals surface area contributed by atoms with Gasteiger partial charge in [-0.1, -0.05) is 13.8 Å². The topological polar surface area (TPSA) is 50.1 Å². The average molecular weight is 239 g/mol. The third kappa shape index (κ3) is 5.33. The van der Waals surface area contributed by atoms with Crippen molar-refractivity contribution in [2.75, 3.05) is 13.1 Å². The summed E-state index contributed by atoms with van der Waals surface area (Å²) in [6.45, 7) is 7.63. The standard InChI is InChI=1S/C13H25N3O/c1-11(2)9-13(3,17)10-14-6-5-12-15-7-8-16(12)4/h7-8,11,14,17H,5-6,9-10H2,1-4H3. The van der Waals surface area contributed by atoms with Gasteiger partial charge in [0, 0.05) is 39.0 Å². The smallest absolute Gasteiger partial charge is 0.109 e. The van der Waals surface area contributed by atoms with E-state index in [1.165, 1.54) is 0 Å². The van der Waals surface area contributed by atoms with Crippen molar-refractivity contribution in [3.8, 4) is 0 Å². The van der Waals surface area contributed by atoms with Crippen LogP contribution in [0.2, 0.25) is 0 Å². The molecular formula is C13H25N3O. The highest BCUT2D eigenvalue weighted by Gasteiger charge is 2.20. The van der Waals surface area contributed by atoms with Crippen LogP contribution in [0.4, 0.5) is 0 Å². The summed E-state index contributed by atoms with van der Waals surface area (Å²) in [5.74, 6) is 1.59. The number of hydrogen-bond acceptors (Lipinski definition) is 3. The van der Waals surface area contributed by atoms with Gasteiger partial charge in [-0.2, -0.15) is 0 Å². The zero-order valence-electron chi connectivity index (χ0n) is 11.4. The van der Waals surface area contributed by atoms with Gasteiger partial charge in [0.2, 0.25) is 0 Å². The maximum atomic E-state index is 10.1. The summed E-state index contributed by atoms with van der Waals surface area (Å²) in [4.78, 5) is 4.26. The number of imidazole rings is 1. The third-order valence-electron chi connectivity index (χ3n) is 2.80. The van der Waals surface area contributed by atoms with Crippen molar-refractivity contribution >= 4 is 0 Å². The largest absolute Gasteiger partial charge is 0.389 e. The predicted molar refractivity (Wildman–Crippen MR) is 69.9 cm³/mol. The number of aromatic nitrogens is 2. The van der Waals surface area contributed by atoms with E-state index in [-0.39, 0.29) is 0 Å². The van der Waals surface area contributed by atoms with E-state index in [9.17, 15) is 5.11 Å². The van der Waals surface area contributed by atoms with Crippen LogP contribution in [-0.4, -0.2) is 33.3 Å². The Hall–Kier alpha value is -0.870. The molecule has 0 aliphatic heterocycles. The molecule has 1 unspecified atom stereocenters. The van der Waals surface area contributed by atoms with Crippen molar-refractivity contribution in [1.82, 2.24) is 14.9 Å². The lowest BCUT2D eigenvalue weighted by atomic mass is 9.94. The van der Waals surface area contributed by atoms with Crippen molar-refractivity contribution in [2.45, 2.75) is 39.2 Å². The molecule has 0 aliphatic rings. The van der Waals surface area contributed by atoms with E-state index in [0.717, 1.165) is 25.2 Å². The van der Waals surface area contributed by atoms with Gasteiger partial charge >= 0.3 is 0 Å². The SMILES string of the molecule is CC(C)CC(C)(O)CNCCc1nccn1C. The second kappa shape index (κ2) is 6.17. The summed E-state index contributed by atoms with van der Waals surface area (Å²) in [6.07, 6.45) is 5.47. The number of hydrogen-bond donors (Lipinski definition) is 2. The van der Waals surface area contributed by atoms with E-state index in [4.69, 9.17) is 0 Å². The Labute approximate surface area is 104 Å². The van der Waals surface area contributed by atoms with Crippen molar-refractivity contribution in [3.05, 3.63) is 18.2 Å². The van der Waals surface area contributed by atoms with Crippen LogP contribution in [0.25, 0.3) is 0 Å². The van der Waals surface area contributed by atoms with Crippen LogP contribution >= 0.6 is 0 Å². The maximum absolute atomic E-state index is 10.1. The number of rotatable bonds is 7. The summed E-state index contributed by atoms with van der Waals surface area (Å²) >= 11 is 0. The molecule has 4 heteroatoms. The minimum atomic E-state index is -0.615. The summed E-state index contributed by atoms with van der Waals surface area (Å²) < 4.78 is 2.02. The molecule has 1 aromatic heterocycles. The van der Waals surface area contributed by atoms with E-state index in [0.29, 0.717) is 12.5 Å². The molecule has 2 N–H and O–H groups in total. The molecule has 0 aliphatic carbocycles. The molecule has 98 valence electrons. The first-order chi connectivity index (χ1) is 7.91. The van der Waals surface area contributed by atoms with Crippen molar-refractivity contribution in [2.24, 2.45) is 13.0 Å². The van der Waals surface area contributed by atoms with E-state index >= 15 is 0 Å². The fraction of sp³-hybridized carbons (Fsp3) is 0.769. The molecule has 0 amide bonds. The Morgan fingerprint density at radius 3 is 2.76 bits per heavy atom. The minimum Gasteiger partial charge on any atom is -0.389 e. The first-order valence-corrected chi connectivity index (χ1v) is 6.30. The molecule has 1 atom stereocenters. The Kier molecular flexibility index (Phi) is 5.15. The summed E-state index contributed by atoms with van der Waals surface area (Å²) in [7, 11) is 2.00. The van der Waals surface area contributed by atoms with Gasteiger partial charge in [-0.3, -0.25) is 0 Å². The number of aryl methyl sites for hydroxylation is 1. The molecule has 0 spiro atoms. The molecule has 4 nitrogen and oxygen atoms in total. The van der Waals surface area contributed by atoms with Crippen molar-refractivity contribution in [3.63, 3.8) is 0 Å². The maximum Gasteiger partial charge on any atom is 0.109 e. The monoisotopic (exact) mass is 239 g/mol. The first-order valence-electron chi connectivity index (χ1n) is 6.30. The fourth-order valence-corrected chi connectivity index (χ4v) is 2.15. The lowest BCUT2D eigenvalue weighted by Gasteiger charge is -2.25. The molecule has 0 radical (unpaired) electrons.